The van der Waals surface area contributed by atoms with Crippen molar-refractivity contribution in [2.75, 3.05) is 0 Å². The van der Waals surface area contributed by atoms with Crippen molar-refractivity contribution in [1.29, 1.82) is 0 Å². The summed E-state index contributed by atoms with van der Waals surface area (Å²) in [5.41, 5.74) is 1.73. The van der Waals surface area contributed by atoms with E-state index in [1.807, 2.05) is 36.4 Å². The summed E-state index contributed by atoms with van der Waals surface area (Å²) < 4.78 is 7.88. The Morgan fingerprint density at radius 3 is 2.24 bits per heavy atom. The van der Waals surface area contributed by atoms with Crippen LogP contribution < -0.4 is 4.74 Å². The van der Waals surface area contributed by atoms with Gasteiger partial charge in [0.05, 0.1) is 25.2 Å². The van der Waals surface area contributed by atoms with E-state index in [0.29, 0.717) is 23.5 Å². The summed E-state index contributed by atoms with van der Waals surface area (Å²) in [5.74, 6) is 1.62. The number of halogens is 3. The number of amides is 2. The van der Waals surface area contributed by atoms with E-state index in [-0.39, 0.29) is 35.5 Å². The number of hydrogen-bond acceptors (Lipinski definition) is 4. The van der Waals surface area contributed by atoms with Crippen molar-refractivity contribution >= 4 is 74.8 Å². The lowest BCUT2D eigenvalue weighted by atomic mass is 9.63. The highest BCUT2D eigenvalue weighted by atomic mass is 127. The van der Waals surface area contributed by atoms with Crippen LogP contribution >= 0.6 is 56.8 Å². The molecule has 6 atom stereocenters. The number of nitrogens with zero attached hydrogens (tertiary/aromatic N) is 2. The molecule has 1 aliphatic heterocycles. The van der Waals surface area contributed by atoms with Gasteiger partial charge in [-0.1, -0.05) is 42.0 Å². The molecule has 33 heavy (non-hydrogen) atoms. The highest BCUT2D eigenvalue weighted by molar-refractivity contribution is 14.1. The van der Waals surface area contributed by atoms with Crippen molar-refractivity contribution in [3.05, 3.63) is 71.8 Å². The zero-order valence-corrected chi connectivity index (χ0v) is 22.4. The van der Waals surface area contributed by atoms with Crippen LogP contribution in [-0.2, 0) is 16.2 Å². The summed E-state index contributed by atoms with van der Waals surface area (Å²) in [6.45, 7) is 0.372. The quantitative estimate of drug-likeness (QED) is 0.181. The zero-order chi connectivity index (χ0) is 22.9. The Balaban J connectivity index is 1.19. The lowest BCUT2D eigenvalue weighted by Gasteiger charge is -2.37. The van der Waals surface area contributed by atoms with Crippen LogP contribution in [0.3, 0.4) is 0 Å². The summed E-state index contributed by atoms with van der Waals surface area (Å²) in [6, 6.07) is 11.5. The van der Waals surface area contributed by atoms with E-state index in [0.717, 1.165) is 35.4 Å². The molecule has 2 amide bonds. The minimum atomic E-state index is -0.228. The molecule has 0 spiro atoms. The fraction of sp³-hybridized carbons (Fsp3) is 0.320. The molecule has 3 fully saturated rings. The van der Waals surface area contributed by atoms with Crippen LogP contribution in [0.1, 0.15) is 17.5 Å². The second kappa shape index (κ2) is 8.34. The second-order valence-corrected chi connectivity index (χ2v) is 11.8. The normalized spacial score (nSPS) is 31.3. The van der Waals surface area contributed by atoms with Gasteiger partial charge in [-0.05, 0) is 99.0 Å². The van der Waals surface area contributed by atoms with Crippen LogP contribution in [0.15, 0.2) is 53.7 Å². The Bertz CT molecular complexity index is 1190. The Hall–Kier alpha value is -1.46. The molecule has 2 aromatic carbocycles. The van der Waals surface area contributed by atoms with Gasteiger partial charge >= 0.3 is 0 Å². The average molecular weight is 685 g/mol. The summed E-state index contributed by atoms with van der Waals surface area (Å²) >= 11 is 10.7. The molecule has 1 saturated heterocycles. The second-order valence-electron chi connectivity index (χ2n) is 9.08. The largest absolute Gasteiger partial charge is 0.487 e. The van der Waals surface area contributed by atoms with E-state index in [4.69, 9.17) is 16.3 Å². The number of hydrogen-bond donors (Lipinski definition) is 0. The van der Waals surface area contributed by atoms with Gasteiger partial charge in [0.15, 0.2) is 0 Å². The van der Waals surface area contributed by atoms with Crippen molar-refractivity contribution < 1.29 is 14.3 Å². The Morgan fingerprint density at radius 1 is 1.03 bits per heavy atom. The fourth-order valence-corrected chi connectivity index (χ4v) is 8.05. The first-order valence-corrected chi connectivity index (χ1v) is 13.4. The average Bonchev–Trinajstić information content (AvgIpc) is 3.57. The molecule has 4 aliphatic carbocycles. The number of allylic oxidation sites excluding steroid dienone is 2. The van der Waals surface area contributed by atoms with Gasteiger partial charge < -0.3 is 4.74 Å². The maximum Gasteiger partial charge on any atom is 0.254 e. The van der Waals surface area contributed by atoms with Gasteiger partial charge in [-0.15, -0.1) is 0 Å². The van der Waals surface area contributed by atoms with Gasteiger partial charge in [-0.25, -0.2) is 0 Å². The van der Waals surface area contributed by atoms with Gasteiger partial charge in [0, 0.05) is 10.6 Å². The maximum atomic E-state index is 13.1. The molecule has 2 saturated carbocycles. The molecule has 0 unspecified atom stereocenters. The smallest absolute Gasteiger partial charge is 0.254 e. The topological polar surface area (TPSA) is 59.0 Å². The van der Waals surface area contributed by atoms with E-state index >= 15 is 0 Å². The third-order valence-corrected chi connectivity index (χ3v) is 9.28. The van der Waals surface area contributed by atoms with Crippen molar-refractivity contribution in [1.82, 2.24) is 5.01 Å². The van der Waals surface area contributed by atoms with E-state index in [1.165, 1.54) is 0 Å². The fourth-order valence-electron chi connectivity index (χ4n) is 5.74. The van der Waals surface area contributed by atoms with E-state index in [2.05, 4.69) is 62.4 Å². The summed E-state index contributed by atoms with van der Waals surface area (Å²) in [7, 11) is 0. The molecular weight excluding hydrogens is 666 g/mol. The molecule has 5 nitrogen and oxygen atoms in total. The third kappa shape index (κ3) is 3.65. The van der Waals surface area contributed by atoms with Gasteiger partial charge in [-0.2, -0.15) is 10.1 Å². The number of imide groups is 1. The van der Waals surface area contributed by atoms with Crippen molar-refractivity contribution in [2.45, 2.75) is 13.0 Å². The minimum Gasteiger partial charge on any atom is -0.487 e. The van der Waals surface area contributed by atoms with Crippen molar-refractivity contribution in [3.63, 3.8) is 0 Å². The molecule has 7 rings (SSSR count). The molecule has 0 N–H and O–H groups in total. The van der Waals surface area contributed by atoms with E-state index in [1.54, 1.807) is 6.21 Å². The SMILES string of the molecule is O=C1[C@@H]2[C@H]3C=C[C@@H]([C@@H]4C[C@@H]34)[C@@H]2C(=O)N1N=Cc1cc(I)c(OCc2ccccc2Cl)c(I)c1. The third-order valence-electron chi connectivity index (χ3n) is 7.31. The lowest BCUT2D eigenvalue weighted by Crippen LogP contribution is -2.40. The predicted molar refractivity (Wildman–Crippen MR) is 142 cm³/mol. The number of ether oxygens (including phenoxy) is 1. The molecule has 8 heteroatoms. The highest BCUT2D eigenvalue weighted by Crippen LogP contribution is 2.65. The van der Waals surface area contributed by atoms with Gasteiger partial charge in [-0.3, -0.25) is 9.59 Å². The number of carbonyl (C=O) groups excluding carboxylic acids is 2. The Kier molecular flexibility index (Phi) is 5.57. The molecule has 2 bridgehead atoms. The standard InChI is InChI=1S/C25H19ClI2N2O3/c26-18-4-2-1-3-13(18)11-33-23-19(27)7-12(8-20(23)28)10-29-30-24(31)21-14-5-6-15(17-9-16(14)17)22(21)25(30)32/h1-8,10,14-17,21-22H,9,11H2/t14-,15-,16-,17-,21-,22+/m0/s1. The van der Waals surface area contributed by atoms with Crippen LogP contribution in [0.5, 0.6) is 5.75 Å². The van der Waals surface area contributed by atoms with Crippen molar-refractivity contribution in [2.24, 2.45) is 40.6 Å². The number of benzene rings is 2. The predicted octanol–water partition coefficient (Wildman–Crippen LogP) is 5.52. The molecule has 0 aromatic heterocycles. The van der Waals surface area contributed by atoms with Crippen LogP contribution in [0.4, 0.5) is 0 Å². The molecule has 2 aromatic rings. The van der Waals surface area contributed by atoms with E-state index < -0.39 is 0 Å². The summed E-state index contributed by atoms with van der Waals surface area (Å²) in [6.07, 6.45) is 7.10. The first-order valence-electron chi connectivity index (χ1n) is 10.9. The van der Waals surface area contributed by atoms with Crippen molar-refractivity contribution in [3.8, 4) is 5.75 Å². The number of carbonyl (C=O) groups is 2. The monoisotopic (exact) mass is 684 g/mol. The van der Waals surface area contributed by atoms with Crippen LogP contribution in [0.25, 0.3) is 0 Å². The molecule has 168 valence electrons. The van der Waals surface area contributed by atoms with Gasteiger partial charge in [0.2, 0.25) is 0 Å². The molecular formula is C25H19ClI2N2O3. The van der Waals surface area contributed by atoms with Crippen LogP contribution in [0.2, 0.25) is 5.02 Å². The molecule has 0 radical (unpaired) electrons. The molecule has 5 aliphatic rings. The summed E-state index contributed by atoms with van der Waals surface area (Å²) in [4.78, 5) is 26.2. The molecule has 1 heterocycles. The Morgan fingerprint density at radius 2 is 1.64 bits per heavy atom. The minimum absolute atomic E-state index is 0.143. The van der Waals surface area contributed by atoms with Crippen LogP contribution in [0, 0.1) is 42.6 Å². The Labute approximate surface area is 223 Å². The number of hydrazone groups is 1. The lowest BCUT2D eigenvalue weighted by molar-refractivity contribution is -0.140. The number of rotatable bonds is 5. The zero-order valence-electron chi connectivity index (χ0n) is 17.3. The van der Waals surface area contributed by atoms with Gasteiger partial charge in [0.25, 0.3) is 11.8 Å². The van der Waals surface area contributed by atoms with E-state index in [9.17, 15) is 9.59 Å². The summed E-state index contributed by atoms with van der Waals surface area (Å²) in [5, 5.41) is 6.14. The van der Waals surface area contributed by atoms with Gasteiger partial charge in [0.1, 0.15) is 12.4 Å². The maximum absolute atomic E-state index is 13.1. The highest BCUT2D eigenvalue weighted by Gasteiger charge is 2.67. The first kappa shape index (κ1) is 22.0. The first-order chi connectivity index (χ1) is 15.9. The van der Waals surface area contributed by atoms with Crippen LogP contribution in [-0.4, -0.2) is 23.0 Å².